The average Bonchev–Trinajstić information content (AvgIpc) is 3.58. The van der Waals surface area contributed by atoms with Crippen LogP contribution in [-0.2, 0) is 9.59 Å². The number of hydrogen-bond donors (Lipinski definition) is 3. The van der Waals surface area contributed by atoms with E-state index in [0.29, 0.717) is 30.2 Å². The van der Waals surface area contributed by atoms with Crippen LogP contribution >= 0.6 is 22.6 Å². The Morgan fingerprint density at radius 1 is 1.29 bits per heavy atom. The van der Waals surface area contributed by atoms with Gasteiger partial charge in [0.25, 0.3) is 0 Å². The van der Waals surface area contributed by atoms with Gasteiger partial charge in [0, 0.05) is 31.5 Å². The average molecular weight is 542 g/mol. The lowest BCUT2D eigenvalue weighted by molar-refractivity contribution is -0.139. The molecule has 2 amide bonds. The highest BCUT2D eigenvalue weighted by molar-refractivity contribution is 14.1. The van der Waals surface area contributed by atoms with E-state index in [1.54, 1.807) is 11.0 Å². The standard InChI is InChI=1S/C23H31IN2O5/c1-2-5-21(28)26(14-15-8-9-15)18-12-16(23(30)25-10-11-27)13-20(22(18)29)31-19-7-4-3-6-17(19)24/h3-4,6-7,13,15,18,20,22,27,29H,2,5,8-12,14H2,1H3,(H,25,30). The summed E-state index contributed by atoms with van der Waals surface area (Å²) >= 11 is 2.17. The third-order valence-corrected chi connectivity index (χ3v) is 6.54. The summed E-state index contributed by atoms with van der Waals surface area (Å²) in [6.07, 6.45) is 3.49. The van der Waals surface area contributed by atoms with Crippen molar-refractivity contribution in [1.29, 1.82) is 0 Å². The zero-order valence-corrected chi connectivity index (χ0v) is 20.0. The molecule has 7 nitrogen and oxygen atoms in total. The second kappa shape index (κ2) is 11.3. The molecule has 0 radical (unpaired) electrons. The number of nitrogens with one attached hydrogen (secondary N) is 1. The summed E-state index contributed by atoms with van der Waals surface area (Å²) in [5, 5.41) is 23.0. The third-order valence-electron chi connectivity index (χ3n) is 5.65. The first kappa shape index (κ1) is 24.0. The van der Waals surface area contributed by atoms with E-state index in [1.807, 2.05) is 31.2 Å². The van der Waals surface area contributed by atoms with Crippen molar-refractivity contribution in [2.45, 2.75) is 57.3 Å². The van der Waals surface area contributed by atoms with E-state index in [0.717, 1.165) is 22.8 Å². The minimum Gasteiger partial charge on any atom is -0.482 e. The van der Waals surface area contributed by atoms with Crippen molar-refractivity contribution >= 4 is 34.4 Å². The lowest BCUT2D eigenvalue weighted by Gasteiger charge is -2.40. The quantitative estimate of drug-likeness (QED) is 0.394. The highest BCUT2D eigenvalue weighted by Gasteiger charge is 2.41. The maximum atomic E-state index is 12.9. The molecule has 0 spiro atoms. The molecule has 3 rings (SSSR count). The van der Waals surface area contributed by atoms with Crippen molar-refractivity contribution in [3.63, 3.8) is 0 Å². The van der Waals surface area contributed by atoms with Gasteiger partial charge in [0.1, 0.15) is 18.0 Å². The molecule has 3 N–H and O–H groups in total. The fraction of sp³-hybridized carbons (Fsp3) is 0.565. The Hall–Kier alpha value is -1.65. The molecule has 31 heavy (non-hydrogen) atoms. The number of aliphatic hydroxyl groups excluding tert-OH is 2. The third kappa shape index (κ3) is 6.43. The van der Waals surface area contributed by atoms with E-state index in [1.165, 1.54) is 0 Å². The van der Waals surface area contributed by atoms with Gasteiger partial charge >= 0.3 is 0 Å². The number of hydrogen-bond acceptors (Lipinski definition) is 5. The summed E-state index contributed by atoms with van der Waals surface area (Å²) in [6.45, 7) is 2.55. The molecule has 0 heterocycles. The molecule has 3 unspecified atom stereocenters. The first-order valence-electron chi connectivity index (χ1n) is 10.9. The van der Waals surface area contributed by atoms with Crippen LogP contribution in [0.4, 0.5) is 0 Å². The smallest absolute Gasteiger partial charge is 0.247 e. The lowest BCUT2D eigenvalue weighted by Crippen LogP contribution is -2.55. The number of aliphatic hydroxyl groups is 2. The number of ether oxygens (including phenoxy) is 1. The number of amides is 2. The molecular weight excluding hydrogens is 511 g/mol. The Labute approximate surface area is 197 Å². The van der Waals surface area contributed by atoms with Crippen LogP contribution < -0.4 is 10.1 Å². The van der Waals surface area contributed by atoms with Gasteiger partial charge in [0.15, 0.2) is 0 Å². The van der Waals surface area contributed by atoms with E-state index in [9.17, 15) is 14.7 Å². The fourth-order valence-corrected chi connectivity index (χ4v) is 4.34. The van der Waals surface area contributed by atoms with Crippen molar-refractivity contribution in [2.75, 3.05) is 19.7 Å². The molecule has 3 atom stereocenters. The Bertz CT molecular complexity index is 811. The first-order valence-corrected chi connectivity index (χ1v) is 12.0. The largest absolute Gasteiger partial charge is 0.482 e. The predicted molar refractivity (Wildman–Crippen MR) is 126 cm³/mol. The molecule has 0 aromatic heterocycles. The summed E-state index contributed by atoms with van der Waals surface area (Å²) < 4.78 is 7.02. The predicted octanol–water partition coefficient (Wildman–Crippen LogP) is 2.25. The summed E-state index contributed by atoms with van der Waals surface area (Å²) in [7, 11) is 0. The lowest BCUT2D eigenvalue weighted by atomic mass is 9.87. The summed E-state index contributed by atoms with van der Waals surface area (Å²) in [5.74, 6) is 0.771. The van der Waals surface area contributed by atoms with Gasteiger partial charge in [0.2, 0.25) is 11.8 Å². The molecule has 1 saturated carbocycles. The van der Waals surface area contributed by atoms with Crippen LogP contribution in [0.1, 0.15) is 39.0 Å². The monoisotopic (exact) mass is 542 g/mol. The molecule has 8 heteroatoms. The zero-order valence-electron chi connectivity index (χ0n) is 17.8. The van der Waals surface area contributed by atoms with Gasteiger partial charge in [-0.15, -0.1) is 0 Å². The second-order valence-electron chi connectivity index (χ2n) is 8.19. The van der Waals surface area contributed by atoms with Crippen LogP contribution in [0.25, 0.3) is 0 Å². The molecule has 1 aromatic carbocycles. The van der Waals surface area contributed by atoms with E-state index in [-0.39, 0.29) is 31.4 Å². The normalized spacial score (nSPS) is 23.1. The Balaban J connectivity index is 1.89. The van der Waals surface area contributed by atoms with Crippen LogP contribution in [0.2, 0.25) is 0 Å². The van der Waals surface area contributed by atoms with Crippen molar-refractivity contribution in [2.24, 2.45) is 5.92 Å². The zero-order chi connectivity index (χ0) is 22.4. The van der Waals surface area contributed by atoms with Crippen LogP contribution in [0.5, 0.6) is 5.75 Å². The number of rotatable bonds is 10. The molecule has 0 saturated heterocycles. The summed E-state index contributed by atoms with van der Waals surface area (Å²) in [6, 6.07) is 6.95. The van der Waals surface area contributed by atoms with Crippen molar-refractivity contribution in [3.8, 4) is 5.75 Å². The van der Waals surface area contributed by atoms with Gasteiger partial charge < -0.3 is 25.2 Å². The van der Waals surface area contributed by atoms with Crippen molar-refractivity contribution in [1.82, 2.24) is 10.2 Å². The van der Waals surface area contributed by atoms with Crippen LogP contribution in [0, 0.1) is 9.49 Å². The number of carbonyl (C=O) groups excluding carboxylic acids is 2. The number of carbonyl (C=O) groups is 2. The van der Waals surface area contributed by atoms with E-state index >= 15 is 0 Å². The number of benzene rings is 1. The molecule has 170 valence electrons. The molecule has 1 fully saturated rings. The van der Waals surface area contributed by atoms with Gasteiger partial charge in [-0.25, -0.2) is 0 Å². The molecule has 2 aliphatic rings. The van der Waals surface area contributed by atoms with Crippen LogP contribution in [-0.4, -0.2) is 64.9 Å². The van der Waals surface area contributed by atoms with Crippen LogP contribution in [0.3, 0.4) is 0 Å². The van der Waals surface area contributed by atoms with Crippen molar-refractivity contribution in [3.05, 3.63) is 39.5 Å². The number of para-hydroxylation sites is 1. The first-order chi connectivity index (χ1) is 14.9. The molecular formula is C23H31IN2O5. The summed E-state index contributed by atoms with van der Waals surface area (Å²) in [5.41, 5.74) is 0.463. The topological polar surface area (TPSA) is 99.1 Å². The minimum atomic E-state index is -0.954. The number of nitrogens with zero attached hydrogens (tertiary/aromatic N) is 1. The maximum absolute atomic E-state index is 12.9. The van der Waals surface area contributed by atoms with Gasteiger partial charge in [-0.2, -0.15) is 0 Å². The van der Waals surface area contributed by atoms with Crippen LogP contribution in [0.15, 0.2) is 35.9 Å². The second-order valence-corrected chi connectivity index (χ2v) is 9.35. The maximum Gasteiger partial charge on any atom is 0.247 e. The number of halogens is 1. The van der Waals surface area contributed by atoms with Gasteiger partial charge in [0.05, 0.1) is 16.2 Å². The van der Waals surface area contributed by atoms with Gasteiger partial charge in [-0.05, 0) is 66.0 Å². The Kier molecular flexibility index (Phi) is 8.74. The molecule has 0 aliphatic heterocycles. The van der Waals surface area contributed by atoms with Crippen molar-refractivity contribution < 1.29 is 24.5 Å². The van der Waals surface area contributed by atoms with E-state index < -0.39 is 18.2 Å². The molecule has 2 aliphatic carbocycles. The molecule has 0 bridgehead atoms. The Morgan fingerprint density at radius 3 is 2.68 bits per heavy atom. The summed E-state index contributed by atoms with van der Waals surface area (Å²) in [4.78, 5) is 27.4. The van der Waals surface area contributed by atoms with Gasteiger partial charge in [-0.1, -0.05) is 19.1 Å². The SMILES string of the molecule is CCCC(=O)N(CC1CC1)C1CC(C(=O)NCCO)=CC(Oc2ccccc2I)C1O. The molecule has 1 aromatic rings. The van der Waals surface area contributed by atoms with E-state index in [2.05, 4.69) is 27.9 Å². The minimum absolute atomic E-state index is 0.00325. The Morgan fingerprint density at radius 2 is 2.03 bits per heavy atom. The van der Waals surface area contributed by atoms with Gasteiger partial charge in [-0.3, -0.25) is 9.59 Å². The highest BCUT2D eigenvalue weighted by atomic mass is 127. The van der Waals surface area contributed by atoms with E-state index in [4.69, 9.17) is 9.84 Å². The highest BCUT2D eigenvalue weighted by Crippen LogP contribution is 2.34. The fourth-order valence-electron chi connectivity index (χ4n) is 3.82.